The second kappa shape index (κ2) is 10.3. The minimum atomic E-state index is -0.339. The van der Waals surface area contributed by atoms with Crippen molar-refractivity contribution in [3.05, 3.63) is 87.9 Å². The SMILES string of the molecule is CCOC(=O)CN1[C@@H](c2ccccc2)c2cc(Br)ccc2N[C@@H]1c1ccc(OC)cc1OC. The molecule has 1 N–H and O–H groups in total. The van der Waals surface area contributed by atoms with Crippen molar-refractivity contribution < 1.29 is 19.0 Å². The molecule has 6 nitrogen and oxygen atoms in total. The highest BCUT2D eigenvalue weighted by Gasteiger charge is 2.38. The van der Waals surface area contributed by atoms with Crippen molar-refractivity contribution >= 4 is 27.6 Å². The lowest BCUT2D eigenvalue weighted by Crippen LogP contribution is -2.44. The Bertz CT molecular complexity index is 1120. The number of ether oxygens (including phenoxy) is 3. The Hall–Kier alpha value is -3.03. The van der Waals surface area contributed by atoms with E-state index in [-0.39, 0.29) is 24.7 Å². The average Bonchev–Trinajstić information content (AvgIpc) is 2.84. The smallest absolute Gasteiger partial charge is 0.320 e. The minimum absolute atomic E-state index is 0.103. The lowest BCUT2D eigenvalue weighted by Gasteiger charge is -2.44. The number of methoxy groups -OCH3 is 2. The van der Waals surface area contributed by atoms with E-state index in [2.05, 4.69) is 50.4 Å². The molecule has 3 aromatic rings. The van der Waals surface area contributed by atoms with Crippen molar-refractivity contribution in [1.29, 1.82) is 0 Å². The van der Waals surface area contributed by atoms with Crippen LogP contribution in [0.4, 0.5) is 5.69 Å². The molecule has 3 aromatic carbocycles. The van der Waals surface area contributed by atoms with Gasteiger partial charge in [-0.1, -0.05) is 46.3 Å². The zero-order valence-corrected chi connectivity index (χ0v) is 20.5. The fourth-order valence-corrected chi connectivity index (χ4v) is 4.67. The maximum atomic E-state index is 12.7. The maximum Gasteiger partial charge on any atom is 0.320 e. The van der Waals surface area contributed by atoms with E-state index >= 15 is 0 Å². The van der Waals surface area contributed by atoms with Gasteiger partial charge in [0.05, 0.1) is 33.4 Å². The van der Waals surface area contributed by atoms with Gasteiger partial charge in [0.1, 0.15) is 17.7 Å². The van der Waals surface area contributed by atoms with Gasteiger partial charge >= 0.3 is 5.97 Å². The summed E-state index contributed by atoms with van der Waals surface area (Å²) in [5.74, 6) is 1.09. The Morgan fingerprint density at radius 2 is 1.79 bits per heavy atom. The monoisotopic (exact) mass is 510 g/mol. The number of rotatable bonds is 7. The molecule has 0 bridgehead atoms. The molecule has 2 atom stereocenters. The average molecular weight is 511 g/mol. The fraction of sp³-hybridized carbons (Fsp3) is 0.269. The third-order valence-electron chi connectivity index (χ3n) is 5.73. The minimum Gasteiger partial charge on any atom is -0.497 e. The topological polar surface area (TPSA) is 60.0 Å². The van der Waals surface area contributed by atoms with Crippen LogP contribution in [0.2, 0.25) is 0 Å². The molecule has 172 valence electrons. The molecule has 0 unspecified atom stereocenters. The number of carbonyl (C=O) groups excluding carboxylic acids is 1. The van der Waals surface area contributed by atoms with E-state index in [1.165, 1.54) is 0 Å². The van der Waals surface area contributed by atoms with Gasteiger partial charge in [0.25, 0.3) is 0 Å². The maximum absolute atomic E-state index is 12.7. The highest BCUT2D eigenvalue weighted by molar-refractivity contribution is 9.10. The molecule has 0 amide bonds. The molecular weight excluding hydrogens is 484 g/mol. The summed E-state index contributed by atoms with van der Waals surface area (Å²) in [5, 5.41) is 3.63. The van der Waals surface area contributed by atoms with E-state index < -0.39 is 0 Å². The van der Waals surface area contributed by atoms with Crippen molar-refractivity contribution in [3.63, 3.8) is 0 Å². The van der Waals surface area contributed by atoms with Gasteiger partial charge < -0.3 is 19.5 Å². The van der Waals surface area contributed by atoms with Gasteiger partial charge in [-0.3, -0.25) is 9.69 Å². The molecule has 33 heavy (non-hydrogen) atoms. The largest absolute Gasteiger partial charge is 0.497 e. The van der Waals surface area contributed by atoms with Crippen LogP contribution < -0.4 is 14.8 Å². The van der Waals surface area contributed by atoms with Crippen molar-refractivity contribution in [3.8, 4) is 11.5 Å². The van der Waals surface area contributed by atoms with Crippen LogP contribution in [-0.4, -0.2) is 38.2 Å². The lowest BCUT2D eigenvalue weighted by molar-refractivity contribution is -0.145. The van der Waals surface area contributed by atoms with Gasteiger partial charge in [0.15, 0.2) is 0 Å². The van der Waals surface area contributed by atoms with Gasteiger partial charge in [-0.2, -0.15) is 0 Å². The van der Waals surface area contributed by atoms with Crippen molar-refractivity contribution in [2.45, 2.75) is 19.1 Å². The molecular formula is C26H27BrN2O4. The Kier molecular flexibility index (Phi) is 7.20. The molecule has 1 heterocycles. The van der Waals surface area contributed by atoms with E-state index in [4.69, 9.17) is 14.2 Å². The summed E-state index contributed by atoms with van der Waals surface area (Å²) in [6.07, 6.45) is -0.339. The first-order valence-corrected chi connectivity index (χ1v) is 11.6. The zero-order valence-electron chi connectivity index (χ0n) is 18.9. The van der Waals surface area contributed by atoms with E-state index in [0.717, 1.165) is 26.9 Å². The number of esters is 1. The second-order valence-corrected chi connectivity index (χ2v) is 8.59. The van der Waals surface area contributed by atoms with Gasteiger partial charge in [-0.15, -0.1) is 0 Å². The normalized spacial score (nSPS) is 17.6. The fourth-order valence-electron chi connectivity index (χ4n) is 4.29. The summed E-state index contributed by atoms with van der Waals surface area (Å²) >= 11 is 3.61. The molecule has 0 saturated heterocycles. The third-order valence-corrected chi connectivity index (χ3v) is 6.22. The molecule has 0 saturated carbocycles. The van der Waals surface area contributed by atoms with E-state index in [9.17, 15) is 4.79 Å². The molecule has 4 rings (SSSR count). The van der Waals surface area contributed by atoms with E-state index in [0.29, 0.717) is 18.1 Å². The van der Waals surface area contributed by atoms with Crippen molar-refractivity contribution in [1.82, 2.24) is 4.90 Å². The third kappa shape index (κ3) is 4.84. The summed E-state index contributed by atoms with van der Waals surface area (Å²) in [6.45, 7) is 2.25. The highest BCUT2D eigenvalue weighted by Crippen LogP contribution is 2.46. The van der Waals surface area contributed by atoms with Crippen LogP contribution in [0.25, 0.3) is 0 Å². The summed E-state index contributed by atoms with van der Waals surface area (Å²) in [5.41, 5.74) is 4.05. The first kappa shape index (κ1) is 23.1. The highest BCUT2D eigenvalue weighted by atomic mass is 79.9. The molecule has 0 fully saturated rings. The number of nitrogens with one attached hydrogen (secondary N) is 1. The molecule has 0 aromatic heterocycles. The van der Waals surface area contributed by atoms with Crippen LogP contribution in [0.1, 0.15) is 35.8 Å². The molecule has 1 aliphatic heterocycles. The number of fused-ring (bicyclic) bond motifs is 1. The number of carbonyl (C=O) groups is 1. The van der Waals surface area contributed by atoms with E-state index in [1.807, 2.05) is 49.4 Å². The second-order valence-electron chi connectivity index (χ2n) is 7.68. The summed E-state index contributed by atoms with van der Waals surface area (Å²) < 4.78 is 17.4. The molecule has 1 aliphatic rings. The van der Waals surface area contributed by atoms with Gasteiger partial charge in [-0.05, 0) is 48.4 Å². The number of anilines is 1. The quantitative estimate of drug-likeness (QED) is 0.420. The van der Waals surface area contributed by atoms with Crippen LogP contribution in [0.5, 0.6) is 11.5 Å². The van der Waals surface area contributed by atoms with Crippen molar-refractivity contribution in [2.24, 2.45) is 0 Å². The standard InChI is InChI=1S/C26H27BrN2O4/c1-4-33-24(30)16-29-25(17-8-6-5-7-9-17)21-14-18(27)10-13-22(21)28-26(29)20-12-11-19(31-2)15-23(20)32-3/h5-15,25-26,28H,4,16H2,1-3H3/t25-,26-/m0/s1. The van der Waals surface area contributed by atoms with Gasteiger partial charge in [-0.25, -0.2) is 0 Å². The van der Waals surface area contributed by atoms with Crippen molar-refractivity contribution in [2.75, 3.05) is 32.7 Å². The van der Waals surface area contributed by atoms with Crippen LogP contribution in [0, 0.1) is 0 Å². The molecule has 0 radical (unpaired) electrons. The zero-order chi connectivity index (χ0) is 23.4. The lowest BCUT2D eigenvalue weighted by atomic mass is 9.91. The number of halogens is 1. The molecule has 0 aliphatic carbocycles. The number of benzene rings is 3. The summed E-state index contributed by atoms with van der Waals surface area (Å²) in [4.78, 5) is 14.9. The predicted octanol–water partition coefficient (Wildman–Crippen LogP) is 5.55. The Morgan fingerprint density at radius 3 is 2.48 bits per heavy atom. The van der Waals surface area contributed by atoms with Crippen LogP contribution in [0.15, 0.2) is 71.2 Å². The summed E-state index contributed by atoms with van der Waals surface area (Å²) in [7, 11) is 3.26. The first-order chi connectivity index (χ1) is 16.0. The molecule has 0 spiro atoms. The Morgan fingerprint density at radius 1 is 1.00 bits per heavy atom. The van der Waals surface area contributed by atoms with Crippen LogP contribution in [0.3, 0.4) is 0 Å². The number of hydrogen-bond acceptors (Lipinski definition) is 6. The van der Waals surface area contributed by atoms with Gasteiger partial charge in [0.2, 0.25) is 0 Å². The van der Waals surface area contributed by atoms with Crippen LogP contribution >= 0.6 is 15.9 Å². The Labute approximate surface area is 202 Å². The van der Waals surface area contributed by atoms with Gasteiger partial charge in [0, 0.05) is 21.8 Å². The summed E-state index contributed by atoms with van der Waals surface area (Å²) in [6, 6.07) is 21.9. The predicted molar refractivity (Wildman–Crippen MR) is 132 cm³/mol. The number of nitrogens with zero attached hydrogens (tertiary/aromatic N) is 1. The first-order valence-electron chi connectivity index (χ1n) is 10.8. The molecule has 7 heteroatoms. The number of hydrogen-bond donors (Lipinski definition) is 1. The van der Waals surface area contributed by atoms with Crippen LogP contribution in [-0.2, 0) is 9.53 Å². The van der Waals surface area contributed by atoms with E-state index in [1.54, 1.807) is 14.2 Å². The Balaban J connectivity index is 1.90.